The summed E-state index contributed by atoms with van der Waals surface area (Å²) in [6.45, 7) is 5.85. The monoisotopic (exact) mass is 265 g/mol. The van der Waals surface area contributed by atoms with E-state index in [0.717, 1.165) is 24.5 Å². The van der Waals surface area contributed by atoms with Gasteiger partial charge in [0.15, 0.2) is 0 Å². The Kier molecular flexibility index (Phi) is 3.42. The number of benzene rings is 2. The largest absolute Gasteiger partial charge is 0.379 e. The van der Waals surface area contributed by atoms with Crippen LogP contribution < -0.4 is 5.32 Å². The van der Waals surface area contributed by atoms with Crippen LogP contribution in [0.1, 0.15) is 18.3 Å². The van der Waals surface area contributed by atoms with Gasteiger partial charge in [0.05, 0.1) is 17.9 Å². The van der Waals surface area contributed by atoms with Crippen molar-refractivity contribution in [3.05, 3.63) is 59.9 Å². The van der Waals surface area contributed by atoms with E-state index in [1.165, 1.54) is 16.5 Å². The molecule has 3 nitrogen and oxygen atoms in total. The summed E-state index contributed by atoms with van der Waals surface area (Å²) < 4.78 is 2.05. The first-order chi connectivity index (χ1) is 9.76. The van der Waals surface area contributed by atoms with Gasteiger partial charge in [0.1, 0.15) is 0 Å². The van der Waals surface area contributed by atoms with E-state index in [4.69, 9.17) is 0 Å². The van der Waals surface area contributed by atoms with Gasteiger partial charge in [-0.2, -0.15) is 5.10 Å². The fourth-order valence-corrected chi connectivity index (χ4v) is 2.51. The minimum absolute atomic E-state index is 0.799. The molecule has 20 heavy (non-hydrogen) atoms. The lowest BCUT2D eigenvalue weighted by molar-refractivity contribution is 0.623. The second-order valence-electron chi connectivity index (χ2n) is 5.01. The molecule has 0 atom stereocenters. The molecule has 102 valence electrons. The zero-order valence-corrected chi connectivity index (χ0v) is 11.9. The van der Waals surface area contributed by atoms with Crippen molar-refractivity contribution in [1.29, 1.82) is 0 Å². The molecule has 0 radical (unpaired) electrons. The van der Waals surface area contributed by atoms with Crippen LogP contribution >= 0.6 is 0 Å². The summed E-state index contributed by atoms with van der Waals surface area (Å²) in [6.07, 6.45) is 0. The molecule has 0 fully saturated rings. The summed E-state index contributed by atoms with van der Waals surface area (Å²) in [5, 5.41) is 10.5. The minimum atomic E-state index is 0.799. The third-order valence-corrected chi connectivity index (χ3v) is 3.51. The molecule has 0 unspecified atom stereocenters. The summed E-state index contributed by atoms with van der Waals surface area (Å²) in [4.78, 5) is 0. The molecule has 1 aromatic heterocycles. The maximum absolute atomic E-state index is 4.47. The van der Waals surface area contributed by atoms with Crippen LogP contribution in [0, 0.1) is 6.92 Å². The number of hydrogen-bond donors (Lipinski definition) is 1. The van der Waals surface area contributed by atoms with Gasteiger partial charge >= 0.3 is 0 Å². The highest BCUT2D eigenvalue weighted by Crippen LogP contribution is 2.19. The van der Waals surface area contributed by atoms with Crippen molar-refractivity contribution in [3.63, 3.8) is 0 Å². The van der Waals surface area contributed by atoms with Crippen molar-refractivity contribution in [2.24, 2.45) is 0 Å². The molecule has 3 rings (SSSR count). The van der Waals surface area contributed by atoms with Crippen molar-refractivity contribution in [3.8, 4) is 0 Å². The number of hydrogen-bond acceptors (Lipinski definition) is 2. The fourth-order valence-electron chi connectivity index (χ4n) is 2.51. The molecular formula is C17H19N3. The van der Waals surface area contributed by atoms with E-state index in [2.05, 4.69) is 65.9 Å². The standard InChI is InChI=1S/C17H19N3/c1-3-20-17(10-13(2)19-20)12-18-16-9-8-14-6-4-5-7-15(14)11-16/h4-11,18H,3,12H2,1-2H3. The molecule has 0 aliphatic carbocycles. The lowest BCUT2D eigenvalue weighted by Gasteiger charge is -2.09. The average molecular weight is 265 g/mol. The Balaban J connectivity index is 1.79. The van der Waals surface area contributed by atoms with E-state index in [1.54, 1.807) is 0 Å². The van der Waals surface area contributed by atoms with Crippen LogP contribution in [0.5, 0.6) is 0 Å². The third kappa shape index (κ3) is 2.52. The van der Waals surface area contributed by atoms with Crippen LogP contribution in [-0.4, -0.2) is 9.78 Å². The third-order valence-electron chi connectivity index (χ3n) is 3.51. The van der Waals surface area contributed by atoms with Gasteiger partial charge in [-0.1, -0.05) is 30.3 Å². The van der Waals surface area contributed by atoms with Crippen molar-refractivity contribution < 1.29 is 0 Å². The van der Waals surface area contributed by atoms with Crippen molar-refractivity contribution >= 4 is 16.5 Å². The number of aryl methyl sites for hydroxylation is 2. The molecule has 0 aliphatic rings. The second kappa shape index (κ2) is 5.37. The van der Waals surface area contributed by atoms with Gasteiger partial charge in [0.25, 0.3) is 0 Å². The second-order valence-corrected chi connectivity index (χ2v) is 5.01. The van der Waals surface area contributed by atoms with E-state index in [9.17, 15) is 0 Å². The molecule has 0 bridgehead atoms. The van der Waals surface area contributed by atoms with Gasteiger partial charge < -0.3 is 5.32 Å². The molecule has 3 aromatic rings. The molecule has 1 N–H and O–H groups in total. The maximum atomic E-state index is 4.47. The van der Waals surface area contributed by atoms with Crippen LogP contribution in [0.4, 0.5) is 5.69 Å². The quantitative estimate of drug-likeness (QED) is 0.773. The molecule has 0 amide bonds. The van der Waals surface area contributed by atoms with E-state index in [1.807, 2.05) is 11.6 Å². The van der Waals surface area contributed by atoms with Gasteiger partial charge in [0, 0.05) is 12.2 Å². The topological polar surface area (TPSA) is 29.9 Å². The fraction of sp³-hybridized carbons (Fsp3) is 0.235. The highest BCUT2D eigenvalue weighted by molar-refractivity contribution is 5.85. The first kappa shape index (κ1) is 12.7. The minimum Gasteiger partial charge on any atom is -0.379 e. The molecule has 0 aliphatic heterocycles. The summed E-state index contributed by atoms with van der Waals surface area (Å²) in [6, 6.07) is 17.0. The Labute approximate surface area is 119 Å². The highest BCUT2D eigenvalue weighted by Gasteiger charge is 2.03. The van der Waals surface area contributed by atoms with Crippen LogP contribution in [-0.2, 0) is 13.1 Å². The predicted molar refractivity (Wildman–Crippen MR) is 83.9 cm³/mol. The van der Waals surface area contributed by atoms with Gasteiger partial charge in [-0.25, -0.2) is 0 Å². The lowest BCUT2D eigenvalue weighted by Crippen LogP contribution is -2.07. The van der Waals surface area contributed by atoms with E-state index >= 15 is 0 Å². The molecule has 2 aromatic carbocycles. The van der Waals surface area contributed by atoms with E-state index in [0.29, 0.717) is 0 Å². The molecule has 3 heteroatoms. The zero-order valence-electron chi connectivity index (χ0n) is 11.9. The normalized spacial score (nSPS) is 10.9. The Hall–Kier alpha value is -2.29. The number of nitrogens with zero attached hydrogens (tertiary/aromatic N) is 2. The number of nitrogens with one attached hydrogen (secondary N) is 1. The van der Waals surface area contributed by atoms with Crippen LogP contribution in [0.3, 0.4) is 0 Å². The van der Waals surface area contributed by atoms with E-state index in [-0.39, 0.29) is 0 Å². The summed E-state index contributed by atoms with van der Waals surface area (Å²) in [5.41, 5.74) is 3.44. The number of aromatic nitrogens is 2. The molecule has 0 spiro atoms. The van der Waals surface area contributed by atoms with Crippen molar-refractivity contribution in [1.82, 2.24) is 9.78 Å². The van der Waals surface area contributed by atoms with Crippen LogP contribution in [0.2, 0.25) is 0 Å². The molecular weight excluding hydrogens is 246 g/mol. The van der Waals surface area contributed by atoms with Gasteiger partial charge in [0.2, 0.25) is 0 Å². The Morgan fingerprint density at radius 1 is 1.05 bits per heavy atom. The van der Waals surface area contributed by atoms with Crippen LogP contribution in [0.25, 0.3) is 10.8 Å². The smallest absolute Gasteiger partial charge is 0.0597 e. The van der Waals surface area contributed by atoms with Gasteiger partial charge in [-0.15, -0.1) is 0 Å². The highest BCUT2D eigenvalue weighted by atomic mass is 15.3. The number of rotatable bonds is 4. The number of fused-ring (bicyclic) bond motifs is 1. The Morgan fingerprint density at radius 2 is 1.85 bits per heavy atom. The SMILES string of the molecule is CCn1nc(C)cc1CNc1ccc2ccccc2c1. The van der Waals surface area contributed by atoms with Crippen LogP contribution in [0.15, 0.2) is 48.5 Å². The zero-order chi connectivity index (χ0) is 13.9. The first-order valence-corrected chi connectivity index (χ1v) is 7.02. The molecule has 1 heterocycles. The first-order valence-electron chi connectivity index (χ1n) is 7.02. The average Bonchev–Trinajstić information content (AvgIpc) is 2.85. The Bertz CT molecular complexity index is 728. The lowest BCUT2D eigenvalue weighted by atomic mass is 10.1. The van der Waals surface area contributed by atoms with Gasteiger partial charge in [-0.3, -0.25) is 4.68 Å². The summed E-state index contributed by atoms with van der Waals surface area (Å²) in [5.74, 6) is 0. The van der Waals surface area contributed by atoms with E-state index < -0.39 is 0 Å². The summed E-state index contributed by atoms with van der Waals surface area (Å²) in [7, 11) is 0. The van der Waals surface area contributed by atoms with Crippen molar-refractivity contribution in [2.45, 2.75) is 26.9 Å². The Morgan fingerprint density at radius 3 is 2.65 bits per heavy atom. The molecule has 0 saturated heterocycles. The maximum Gasteiger partial charge on any atom is 0.0597 e. The van der Waals surface area contributed by atoms with Crippen molar-refractivity contribution in [2.75, 3.05) is 5.32 Å². The predicted octanol–water partition coefficient (Wildman–Crippen LogP) is 3.98. The van der Waals surface area contributed by atoms with Gasteiger partial charge in [-0.05, 0) is 42.8 Å². The summed E-state index contributed by atoms with van der Waals surface area (Å²) >= 11 is 0. The number of anilines is 1. The molecule has 0 saturated carbocycles.